The summed E-state index contributed by atoms with van der Waals surface area (Å²) in [4.78, 5) is 12.1. The number of aromatic hydroxyl groups is 1. The average molecular weight is 359 g/mol. The maximum atomic E-state index is 12.1. The van der Waals surface area contributed by atoms with E-state index in [1.807, 2.05) is 30.3 Å². The van der Waals surface area contributed by atoms with Gasteiger partial charge in [-0.3, -0.25) is 4.79 Å². The lowest BCUT2D eigenvalue weighted by Crippen LogP contribution is -2.17. The lowest BCUT2D eigenvalue weighted by Gasteiger charge is -2.05. The van der Waals surface area contributed by atoms with Crippen LogP contribution in [0.3, 0.4) is 0 Å². The van der Waals surface area contributed by atoms with Gasteiger partial charge in [0.1, 0.15) is 5.75 Å². The van der Waals surface area contributed by atoms with Crippen LogP contribution >= 0.6 is 23.2 Å². The molecule has 3 rings (SSSR count). The predicted molar refractivity (Wildman–Crippen MR) is 97.1 cm³/mol. The first kappa shape index (κ1) is 16.3. The van der Waals surface area contributed by atoms with Crippen molar-refractivity contribution >= 4 is 46.1 Å². The normalized spacial score (nSPS) is 11.1. The number of nitrogens with one attached hydrogen (secondary N) is 1. The zero-order chi connectivity index (χ0) is 17.1. The highest BCUT2D eigenvalue weighted by molar-refractivity contribution is 6.35. The van der Waals surface area contributed by atoms with E-state index in [1.54, 1.807) is 6.07 Å². The van der Waals surface area contributed by atoms with Gasteiger partial charge in [-0.25, -0.2) is 5.43 Å². The van der Waals surface area contributed by atoms with Gasteiger partial charge in [-0.1, -0.05) is 53.5 Å². The second-order valence-corrected chi connectivity index (χ2v) is 5.95. The van der Waals surface area contributed by atoms with Crippen LogP contribution in [0.15, 0.2) is 59.7 Å². The van der Waals surface area contributed by atoms with E-state index in [9.17, 15) is 9.90 Å². The summed E-state index contributed by atoms with van der Waals surface area (Å²) in [6, 6.07) is 15.5. The maximum Gasteiger partial charge on any atom is 0.271 e. The van der Waals surface area contributed by atoms with Crippen LogP contribution in [0.2, 0.25) is 10.0 Å². The summed E-state index contributed by atoms with van der Waals surface area (Å²) >= 11 is 11.7. The highest BCUT2D eigenvalue weighted by Crippen LogP contribution is 2.25. The standard InChI is InChI=1S/C18H12Cl2N2O2/c19-13-7-12(8-14(20)9-13)18(24)22-21-10-16-15-4-2-1-3-11(15)5-6-17(16)23/h1-10,23H,(H,22,24). The van der Waals surface area contributed by atoms with Crippen molar-refractivity contribution in [3.63, 3.8) is 0 Å². The third-order valence-electron chi connectivity index (χ3n) is 3.43. The third-order valence-corrected chi connectivity index (χ3v) is 3.87. The van der Waals surface area contributed by atoms with E-state index >= 15 is 0 Å². The van der Waals surface area contributed by atoms with Gasteiger partial charge in [0.2, 0.25) is 0 Å². The van der Waals surface area contributed by atoms with E-state index < -0.39 is 5.91 Å². The van der Waals surface area contributed by atoms with Crippen LogP contribution in [0.4, 0.5) is 0 Å². The number of benzene rings is 3. The highest BCUT2D eigenvalue weighted by Gasteiger charge is 2.08. The summed E-state index contributed by atoms with van der Waals surface area (Å²) in [5, 5.41) is 16.5. The van der Waals surface area contributed by atoms with Crippen LogP contribution < -0.4 is 5.43 Å². The Morgan fingerprint density at radius 2 is 1.75 bits per heavy atom. The van der Waals surface area contributed by atoms with E-state index in [4.69, 9.17) is 23.2 Å². The van der Waals surface area contributed by atoms with Crippen molar-refractivity contribution in [2.45, 2.75) is 0 Å². The Kier molecular flexibility index (Phi) is 4.69. The molecule has 0 unspecified atom stereocenters. The van der Waals surface area contributed by atoms with E-state index in [0.29, 0.717) is 21.2 Å². The number of fused-ring (bicyclic) bond motifs is 1. The molecule has 2 N–H and O–H groups in total. The fourth-order valence-corrected chi connectivity index (χ4v) is 2.85. The second-order valence-electron chi connectivity index (χ2n) is 5.08. The molecular weight excluding hydrogens is 347 g/mol. The van der Waals surface area contributed by atoms with E-state index in [2.05, 4.69) is 10.5 Å². The first-order valence-electron chi connectivity index (χ1n) is 7.05. The molecule has 24 heavy (non-hydrogen) atoms. The molecule has 6 heteroatoms. The fraction of sp³-hybridized carbons (Fsp3) is 0. The number of amides is 1. The zero-order valence-electron chi connectivity index (χ0n) is 12.3. The molecule has 0 atom stereocenters. The summed E-state index contributed by atoms with van der Waals surface area (Å²) in [5.41, 5.74) is 3.22. The first-order valence-corrected chi connectivity index (χ1v) is 7.80. The summed E-state index contributed by atoms with van der Waals surface area (Å²) in [6.07, 6.45) is 1.40. The Balaban J connectivity index is 1.84. The number of carbonyl (C=O) groups excluding carboxylic acids is 1. The number of phenolic OH excluding ortho intramolecular Hbond substituents is 1. The Labute approximate surface area is 148 Å². The van der Waals surface area contributed by atoms with E-state index in [1.165, 1.54) is 24.4 Å². The Hall–Kier alpha value is -2.56. The minimum Gasteiger partial charge on any atom is -0.507 e. The van der Waals surface area contributed by atoms with Crippen LogP contribution in [0.5, 0.6) is 5.75 Å². The molecular formula is C18H12Cl2N2O2. The number of hydrogen-bond donors (Lipinski definition) is 2. The number of hydrogen-bond acceptors (Lipinski definition) is 3. The van der Waals surface area contributed by atoms with Crippen molar-refractivity contribution in [2.75, 3.05) is 0 Å². The second kappa shape index (κ2) is 6.91. The maximum absolute atomic E-state index is 12.1. The van der Waals surface area contributed by atoms with Crippen LogP contribution in [0.1, 0.15) is 15.9 Å². The van der Waals surface area contributed by atoms with Crippen molar-refractivity contribution in [1.29, 1.82) is 0 Å². The van der Waals surface area contributed by atoms with Gasteiger partial charge in [0.15, 0.2) is 0 Å². The molecule has 0 spiro atoms. The molecule has 0 aromatic heterocycles. The number of nitrogens with zero attached hydrogens (tertiary/aromatic N) is 1. The van der Waals surface area contributed by atoms with Crippen molar-refractivity contribution in [2.24, 2.45) is 5.10 Å². The Bertz CT molecular complexity index is 935. The molecule has 0 saturated carbocycles. The Morgan fingerprint density at radius 1 is 1.04 bits per heavy atom. The van der Waals surface area contributed by atoms with Crippen molar-refractivity contribution in [1.82, 2.24) is 5.43 Å². The fourth-order valence-electron chi connectivity index (χ4n) is 2.32. The minimum atomic E-state index is -0.449. The molecule has 0 bridgehead atoms. The largest absolute Gasteiger partial charge is 0.507 e. The van der Waals surface area contributed by atoms with E-state index in [-0.39, 0.29) is 5.75 Å². The Morgan fingerprint density at radius 3 is 2.50 bits per heavy atom. The van der Waals surface area contributed by atoms with Gasteiger partial charge in [-0.05, 0) is 35.0 Å². The SMILES string of the molecule is O=C(NN=Cc1c(O)ccc2ccccc12)c1cc(Cl)cc(Cl)c1. The highest BCUT2D eigenvalue weighted by atomic mass is 35.5. The van der Waals surface area contributed by atoms with Gasteiger partial charge in [0.05, 0.1) is 6.21 Å². The average Bonchev–Trinajstić information content (AvgIpc) is 2.56. The van der Waals surface area contributed by atoms with Gasteiger partial charge in [-0.2, -0.15) is 5.10 Å². The molecule has 0 radical (unpaired) electrons. The van der Waals surface area contributed by atoms with Gasteiger partial charge in [-0.15, -0.1) is 0 Å². The first-order chi connectivity index (χ1) is 11.5. The smallest absolute Gasteiger partial charge is 0.271 e. The molecule has 0 aliphatic heterocycles. The minimum absolute atomic E-state index is 0.0810. The third kappa shape index (κ3) is 3.50. The molecule has 0 fully saturated rings. The number of rotatable bonds is 3. The van der Waals surface area contributed by atoms with Crippen molar-refractivity contribution in [3.05, 3.63) is 75.8 Å². The molecule has 3 aromatic rings. The molecule has 120 valence electrons. The van der Waals surface area contributed by atoms with Crippen LogP contribution in [0, 0.1) is 0 Å². The molecule has 0 aliphatic rings. The molecule has 3 aromatic carbocycles. The number of phenols is 1. The van der Waals surface area contributed by atoms with Gasteiger partial charge in [0.25, 0.3) is 5.91 Å². The summed E-state index contributed by atoms with van der Waals surface area (Å²) in [5.74, 6) is -0.368. The van der Waals surface area contributed by atoms with E-state index in [0.717, 1.165) is 10.8 Å². The van der Waals surface area contributed by atoms with Crippen LogP contribution in [-0.2, 0) is 0 Å². The molecule has 0 heterocycles. The van der Waals surface area contributed by atoms with Gasteiger partial charge < -0.3 is 5.11 Å². The summed E-state index contributed by atoms with van der Waals surface area (Å²) in [7, 11) is 0. The van der Waals surface area contributed by atoms with Crippen LogP contribution in [-0.4, -0.2) is 17.2 Å². The van der Waals surface area contributed by atoms with Gasteiger partial charge >= 0.3 is 0 Å². The molecule has 1 amide bonds. The molecule has 4 nitrogen and oxygen atoms in total. The van der Waals surface area contributed by atoms with Crippen molar-refractivity contribution < 1.29 is 9.90 Å². The number of halogens is 2. The van der Waals surface area contributed by atoms with Crippen molar-refractivity contribution in [3.8, 4) is 5.75 Å². The van der Waals surface area contributed by atoms with Crippen LogP contribution in [0.25, 0.3) is 10.8 Å². The lowest BCUT2D eigenvalue weighted by atomic mass is 10.0. The molecule has 0 aliphatic carbocycles. The topological polar surface area (TPSA) is 61.7 Å². The zero-order valence-corrected chi connectivity index (χ0v) is 13.8. The quantitative estimate of drug-likeness (QED) is 0.530. The summed E-state index contributed by atoms with van der Waals surface area (Å²) < 4.78 is 0. The summed E-state index contributed by atoms with van der Waals surface area (Å²) in [6.45, 7) is 0. The monoisotopic (exact) mass is 358 g/mol. The molecule has 0 saturated heterocycles. The number of carbonyl (C=O) groups is 1. The number of hydrazone groups is 1. The predicted octanol–water partition coefficient (Wildman–Crippen LogP) is 4.62. The lowest BCUT2D eigenvalue weighted by molar-refractivity contribution is 0.0955. The van der Waals surface area contributed by atoms with Gasteiger partial charge in [0, 0.05) is 21.2 Å².